The number of carbonyl (C=O) groups excluding carboxylic acids is 1. The Labute approximate surface area is 92.3 Å². The second-order valence-electron chi connectivity index (χ2n) is 5.31. The quantitative estimate of drug-likeness (QED) is 0.550. The van der Waals surface area contributed by atoms with E-state index in [1.165, 1.54) is 24.0 Å². The Bertz CT molecular complexity index is 348. The van der Waals surface area contributed by atoms with Crippen LogP contribution in [0.4, 0.5) is 0 Å². The molecular formula is C14H20O. The van der Waals surface area contributed by atoms with Crippen molar-refractivity contribution in [3.63, 3.8) is 0 Å². The highest BCUT2D eigenvalue weighted by Crippen LogP contribution is 2.50. The Balaban J connectivity index is 2.34. The van der Waals surface area contributed by atoms with Gasteiger partial charge in [-0.05, 0) is 50.5 Å². The zero-order valence-electron chi connectivity index (χ0n) is 9.97. The van der Waals surface area contributed by atoms with Crippen LogP contribution in [0.5, 0.6) is 0 Å². The van der Waals surface area contributed by atoms with Gasteiger partial charge in [0.05, 0.1) is 0 Å². The second-order valence-corrected chi connectivity index (χ2v) is 5.31. The third-order valence-electron chi connectivity index (χ3n) is 4.39. The number of hydrogen-bond donors (Lipinski definition) is 0. The summed E-state index contributed by atoms with van der Waals surface area (Å²) < 4.78 is 0. The van der Waals surface area contributed by atoms with Crippen molar-refractivity contribution in [2.45, 2.75) is 46.5 Å². The molecule has 1 nitrogen and oxygen atoms in total. The average molecular weight is 204 g/mol. The Morgan fingerprint density at radius 3 is 2.67 bits per heavy atom. The van der Waals surface area contributed by atoms with Crippen molar-refractivity contribution in [3.8, 4) is 0 Å². The summed E-state index contributed by atoms with van der Waals surface area (Å²) in [6.45, 7) is 6.59. The molecule has 0 bridgehead atoms. The second kappa shape index (κ2) is 3.62. The predicted octanol–water partition coefficient (Wildman–Crippen LogP) is 3.66. The van der Waals surface area contributed by atoms with Crippen molar-refractivity contribution in [3.05, 3.63) is 23.3 Å². The molecule has 1 spiro atoms. The van der Waals surface area contributed by atoms with Gasteiger partial charge in [0.1, 0.15) is 0 Å². The minimum absolute atomic E-state index is 0.299. The van der Waals surface area contributed by atoms with Crippen molar-refractivity contribution in [1.29, 1.82) is 0 Å². The van der Waals surface area contributed by atoms with Gasteiger partial charge in [-0.15, -0.1) is 0 Å². The lowest BCUT2D eigenvalue weighted by Gasteiger charge is -2.44. The van der Waals surface area contributed by atoms with Crippen LogP contribution in [0.25, 0.3) is 0 Å². The van der Waals surface area contributed by atoms with Gasteiger partial charge in [0.15, 0.2) is 5.78 Å². The molecule has 0 heterocycles. The summed E-state index contributed by atoms with van der Waals surface area (Å²) in [4.78, 5) is 11.5. The molecule has 2 aliphatic rings. The highest BCUT2D eigenvalue weighted by molar-refractivity contribution is 5.91. The minimum Gasteiger partial charge on any atom is -0.295 e. The number of allylic oxidation sites excluding steroid dienone is 4. The van der Waals surface area contributed by atoms with Gasteiger partial charge in [-0.2, -0.15) is 0 Å². The summed E-state index contributed by atoms with van der Waals surface area (Å²) in [5.74, 6) is 0.830. The molecule has 0 aromatic rings. The number of ketones is 1. The molecule has 15 heavy (non-hydrogen) atoms. The Hall–Kier alpha value is -0.850. The van der Waals surface area contributed by atoms with E-state index in [1.807, 2.05) is 6.08 Å². The van der Waals surface area contributed by atoms with E-state index in [9.17, 15) is 4.79 Å². The van der Waals surface area contributed by atoms with Crippen LogP contribution >= 0.6 is 0 Å². The molecular weight excluding hydrogens is 184 g/mol. The molecule has 0 aromatic heterocycles. The summed E-state index contributed by atoms with van der Waals surface area (Å²) in [5, 5.41) is 0. The third-order valence-corrected chi connectivity index (χ3v) is 4.39. The molecule has 0 fully saturated rings. The van der Waals surface area contributed by atoms with Gasteiger partial charge in [-0.3, -0.25) is 4.79 Å². The number of rotatable bonds is 0. The van der Waals surface area contributed by atoms with E-state index >= 15 is 0 Å². The van der Waals surface area contributed by atoms with Crippen LogP contribution < -0.4 is 0 Å². The van der Waals surface area contributed by atoms with E-state index in [0.717, 1.165) is 12.8 Å². The molecule has 0 N–H and O–H groups in total. The standard InChI is InChI=1S/C14H20O/c1-10-4-6-14(7-5-10)11(2)8-13(15)9-12(14)3/h4,8,12H,5-7,9H2,1-3H3. The van der Waals surface area contributed by atoms with Crippen molar-refractivity contribution < 1.29 is 4.79 Å². The Morgan fingerprint density at radius 2 is 2.13 bits per heavy atom. The topological polar surface area (TPSA) is 17.1 Å². The summed E-state index contributed by atoms with van der Waals surface area (Å²) in [6.07, 6.45) is 8.55. The fraction of sp³-hybridized carbons (Fsp3) is 0.643. The molecule has 0 aliphatic heterocycles. The molecule has 82 valence electrons. The number of hydrogen-bond acceptors (Lipinski definition) is 1. The first kappa shape index (κ1) is 10.7. The van der Waals surface area contributed by atoms with E-state index in [1.54, 1.807) is 0 Å². The maximum atomic E-state index is 11.5. The number of carbonyl (C=O) groups is 1. The van der Waals surface area contributed by atoms with Crippen LogP contribution in [-0.2, 0) is 4.79 Å². The lowest BCUT2D eigenvalue weighted by molar-refractivity contribution is -0.117. The first-order chi connectivity index (χ1) is 7.04. The van der Waals surface area contributed by atoms with Crippen LogP contribution in [0.3, 0.4) is 0 Å². The molecule has 2 unspecified atom stereocenters. The van der Waals surface area contributed by atoms with Gasteiger partial charge < -0.3 is 0 Å². The highest BCUT2D eigenvalue weighted by Gasteiger charge is 2.41. The molecule has 2 atom stereocenters. The molecule has 0 radical (unpaired) electrons. The van der Waals surface area contributed by atoms with Crippen LogP contribution in [0.15, 0.2) is 23.3 Å². The van der Waals surface area contributed by atoms with Gasteiger partial charge in [0.2, 0.25) is 0 Å². The first-order valence-corrected chi connectivity index (χ1v) is 5.92. The fourth-order valence-corrected chi connectivity index (χ4v) is 3.12. The van der Waals surface area contributed by atoms with Gasteiger partial charge >= 0.3 is 0 Å². The predicted molar refractivity (Wildman–Crippen MR) is 62.6 cm³/mol. The van der Waals surface area contributed by atoms with E-state index in [-0.39, 0.29) is 0 Å². The third kappa shape index (κ3) is 1.68. The minimum atomic E-state index is 0.299. The molecule has 2 rings (SSSR count). The summed E-state index contributed by atoms with van der Waals surface area (Å²) >= 11 is 0. The molecule has 1 heteroatoms. The average Bonchev–Trinajstić information content (AvgIpc) is 2.16. The molecule has 0 aromatic carbocycles. The zero-order valence-corrected chi connectivity index (χ0v) is 9.97. The Morgan fingerprint density at radius 1 is 1.40 bits per heavy atom. The van der Waals surface area contributed by atoms with Gasteiger partial charge in [0.25, 0.3) is 0 Å². The monoisotopic (exact) mass is 204 g/mol. The zero-order chi connectivity index (χ0) is 11.1. The normalized spacial score (nSPS) is 36.5. The largest absolute Gasteiger partial charge is 0.295 e. The van der Waals surface area contributed by atoms with Crippen molar-refractivity contribution >= 4 is 5.78 Å². The maximum absolute atomic E-state index is 11.5. The van der Waals surface area contributed by atoms with E-state index in [2.05, 4.69) is 26.8 Å². The van der Waals surface area contributed by atoms with Crippen LogP contribution in [0, 0.1) is 11.3 Å². The van der Waals surface area contributed by atoms with Gasteiger partial charge in [-0.1, -0.05) is 24.1 Å². The summed E-state index contributed by atoms with van der Waals surface area (Å²) in [7, 11) is 0. The van der Waals surface area contributed by atoms with E-state index < -0.39 is 0 Å². The fourth-order valence-electron chi connectivity index (χ4n) is 3.12. The summed E-state index contributed by atoms with van der Waals surface area (Å²) in [6, 6.07) is 0. The highest BCUT2D eigenvalue weighted by atomic mass is 16.1. The Kier molecular flexibility index (Phi) is 2.57. The molecule has 2 aliphatic carbocycles. The van der Waals surface area contributed by atoms with Crippen LogP contribution in [0.1, 0.15) is 46.5 Å². The van der Waals surface area contributed by atoms with Crippen LogP contribution in [0.2, 0.25) is 0 Å². The SMILES string of the molecule is CC1=CCC2(CC1)C(C)=CC(=O)CC2C. The smallest absolute Gasteiger partial charge is 0.155 e. The van der Waals surface area contributed by atoms with E-state index in [4.69, 9.17) is 0 Å². The van der Waals surface area contributed by atoms with Gasteiger partial charge in [0, 0.05) is 6.42 Å². The molecule has 0 saturated heterocycles. The van der Waals surface area contributed by atoms with E-state index in [0.29, 0.717) is 17.1 Å². The molecule has 0 saturated carbocycles. The van der Waals surface area contributed by atoms with Gasteiger partial charge in [-0.25, -0.2) is 0 Å². The van der Waals surface area contributed by atoms with Crippen molar-refractivity contribution in [2.75, 3.05) is 0 Å². The van der Waals surface area contributed by atoms with Crippen molar-refractivity contribution in [2.24, 2.45) is 11.3 Å². The van der Waals surface area contributed by atoms with Crippen molar-refractivity contribution in [1.82, 2.24) is 0 Å². The lowest BCUT2D eigenvalue weighted by Crippen LogP contribution is -2.36. The summed E-state index contributed by atoms with van der Waals surface area (Å²) in [5.41, 5.74) is 3.13. The van der Waals surface area contributed by atoms with Crippen LogP contribution in [-0.4, -0.2) is 5.78 Å². The first-order valence-electron chi connectivity index (χ1n) is 5.92. The maximum Gasteiger partial charge on any atom is 0.155 e. The molecule has 0 amide bonds. The lowest BCUT2D eigenvalue weighted by atomic mass is 9.60.